The van der Waals surface area contributed by atoms with Crippen molar-refractivity contribution >= 4 is 34.4 Å². The third kappa shape index (κ3) is 2.19. The van der Waals surface area contributed by atoms with Crippen molar-refractivity contribution in [1.29, 1.82) is 0 Å². The van der Waals surface area contributed by atoms with Gasteiger partial charge in [-0.05, 0) is 18.2 Å². The van der Waals surface area contributed by atoms with Crippen LogP contribution in [0.15, 0.2) is 54.7 Å². The number of nitrogens with zero attached hydrogens (tertiary/aromatic N) is 1. The average molecular weight is 300 g/mol. The third-order valence-electron chi connectivity index (χ3n) is 3.27. The summed E-state index contributed by atoms with van der Waals surface area (Å²) in [7, 11) is 0. The lowest BCUT2D eigenvalue weighted by Gasteiger charge is -2.05. The minimum absolute atomic E-state index is 0.0889. The molecule has 0 aliphatic rings. The number of carbonyl (C=O) groups excluding carboxylic acids is 1. The van der Waals surface area contributed by atoms with Gasteiger partial charge in [0.2, 0.25) is 0 Å². The fraction of sp³-hybridized carbons (Fsp3) is 0. The van der Waals surface area contributed by atoms with E-state index in [0.29, 0.717) is 21.5 Å². The van der Waals surface area contributed by atoms with Crippen molar-refractivity contribution in [3.8, 4) is 0 Å². The van der Waals surface area contributed by atoms with Gasteiger partial charge in [0.25, 0.3) is 5.91 Å². The van der Waals surface area contributed by atoms with E-state index in [1.165, 1.54) is 10.8 Å². The average Bonchev–Trinajstić information content (AvgIpc) is 2.87. The van der Waals surface area contributed by atoms with Crippen LogP contribution in [0.1, 0.15) is 20.7 Å². The summed E-state index contributed by atoms with van der Waals surface area (Å²) in [6.07, 6.45) is 1.33. The summed E-state index contributed by atoms with van der Waals surface area (Å²) in [6, 6.07) is 13.5. The highest BCUT2D eigenvalue weighted by Crippen LogP contribution is 2.24. The number of halogens is 1. The Bertz CT molecular complexity index is 867. The number of carboxylic acid groups (broad SMARTS) is 1. The van der Waals surface area contributed by atoms with E-state index in [4.69, 9.17) is 11.6 Å². The van der Waals surface area contributed by atoms with Crippen molar-refractivity contribution in [2.24, 2.45) is 0 Å². The second-order valence-corrected chi connectivity index (χ2v) is 4.93. The Labute approximate surface area is 125 Å². The van der Waals surface area contributed by atoms with Gasteiger partial charge in [0.1, 0.15) is 0 Å². The summed E-state index contributed by atoms with van der Waals surface area (Å²) >= 11 is 6.04. The Morgan fingerprint density at radius 1 is 0.952 bits per heavy atom. The van der Waals surface area contributed by atoms with E-state index in [9.17, 15) is 14.7 Å². The fourth-order valence-electron chi connectivity index (χ4n) is 2.28. The molecule has 0 saturated carbocycles. The molecule has 0 amide bonds. The molecule has 2 aromatic carbocycles. The van der Waals surface area contributed by atoms with Crippen molar-refractivity contribution in [3.05, 3.63) is 70.9 Å². The van der Waals surface area contributed by atoms with Crippen LogP contribution >= 0.6 is 11.6 Å². The molecular formula is C16H10ClNO3. The van der Waals surface area contributed by atoms with Crippen LogP contribution in [0.4, 0.5) is 0 Å². The number of aromatic carboxylic acids is 1. The lowest BCUT2D eigenvalue weighted by molar-refractivity contribution is 0.0699. The number of para-hydroxylation sites is 1. The normalized spacial score (nSPS) is 10.7. The van der Waals surface area contributed by atoms with Crippen molar-refractivity contribution < 1.29 is 14.7 Å². The maximum absolute atomic E-state index is 12.6. The Hall–Kier alpha value is -2.59. The molecule has 0 bridgehead atoms. The number of rotatable bonds is 2. The van der Waals surface area contributed by atoms with Crippen LogP contribution in [-0.2, 0) is 0 Å². The zero-order valence-corrected chi connectivity index (χ0v) is 11.5. The van der Waals surface area contributed by atoms with Crippen LogP contribution < -0.4 is 0 Å². The van der Waals surface area contributed by atoms with E-state index in [1.54, 1.807) is 48.5 Å². The van der Waals surface area contributed by atoms with E-state index in [-0.39, 0.29) is 11.5 Å². The molecule has 0 aliphatic heterocycles. The number of hydrogen-bond acceptors (Lipinski definition) is 2. The second kappa shape index (κ2) is 5.07. The van der Waals surface area contributed by atoms with Crippen molar-refractivity contribution in [2.75, 3.05) is 0 Å². The lowest BCUT2D eigenvalue weighted by Crippen LogP contribution is -2.11. The largest absolute Gasteiger partial charge is 0.478 e. The highest BCUT2D eigenvalue weighted by Gasteiger charge is 2.19. The summed E-state index contributed by atoms with van der Waals surface area (Å²) in [5, 5.41) is 10.1. The molecule has 0 atom stereocenters. The molecule has 0 unspecified atom stereocenters. The molecule has 0 radical (unpaired) electrons. The van der Waals surface area contributed by atoms with E-state index in [0.717, 1.165) is 0 Å². The first-order valence-electron chi connectivity index (χ1n) is 6.22. The zero-order chi connectivity index (χ0) is 15.0. The van der Waals surface area contributed by atoms with Gasteiger partial charge < -0.3 is 5.11 Å². The molecule has 5 heteroatoms. The molecule has 104 valence electrons. The maximum Gasteiger partial charge on any atom is 0.337 e. The van der Waals surface area contributed by atoms with E-state index >= 15 is 0 Å². The highest BCUT2D eigenvalue weighted by molar-refractivity contribution is 6.34. The van der Waals surface area contributed by atoms with Gasteiger partial charge in [-0.2, -0.15) is 0 Å². The third-order valence-corrected chi connectivity index (χ3v) is 3.60. The van der Waals surface area contributed by atoms with Gasteiger partial charge >= 0.3 is 5.97 Å². The smallest absolute Gasteiger partial charge is 0.337 e. The molecule has 4 nitrogen and oxygen atoms in total. The molecule has 0 spiro atoms. The molecule has 1 aromatic heterocycles. The van der Waals surface area contributed by atoms with Crippen molar-refractivity contribution in [3.63, 3.8) is 0 Å². The summed E-state index contributed by atoms with van der Waals surface area (Å²) in [5.41, 5.74) is 0.961. The van der Waals surface area contributed by atoms with Crippen LogP contribution in [0.3, 0.4) is 0 Å². The van der Waals surface area contributed by atoms with Crippen LogP contribution in [-0.4, -0.2) is 21.6 Å². The molecule has 0 fully saturated rings. The van der Waals surface area contributed by atoms with Gasteiger partial charge in [-0.15, -0.1) is 0 Å². The molecule has 3 rings (SSSR count). The fourth-order valence-corrected chi connectivity index (χ4v) is 2.50. The Balaban J connectivity index is 2.24. The topological polar surface area (TPSA) is 59.3 Å². The van der Waals surface area contributed by atoms with E-state index < -0.39 is 5.97 Å². The molecule has 1 heterocycles. The molecule has 1 N–H and O–H groups in total. The molecule has 3 aromatic rings. The number of carbonyl (C=O) groups is 2. The first-order valence-corrected chi connectivity index (χ1v) is 6.60. The number of aromatic nitrogens is 1. The summed E-state index contributed by atoms with van der Waals surface area (Å²) in [4.78, 5) is 23.9. The number of fused-ring (bicyclic) bond motifs is 1. The minimum atomic E-state index is -1.07. The predicted molar refractivity (Wildman–Crippen MR) is 80.1 cm³/mol. The highest BCUT2D eigenvalue weighted by atomic mass is 35.5. The van der Waals surface area contributed by atoms with Gasteiger partial charge in [0, 0.05) is 11.6 Å². The van der Waals surface area contributed by atoms with Gasteiger partial charge in [0.05, 0.1) is 21.7 Å². The van der Waals surface area contributed by atoms with E-state index in [2.05, 4.69) is 0 Å². The lowest BCUT2D eigenvalue weighted by atomic mass is 10.2. The molecule has 21 heavy (non-hydrogen) atoms. The number of carboxylic acids is 1. The molecule has 0 saturated heterocycles. The Kier molecular flexibility index (Phi) is 3.23. The number of hydrogen-bond donors (Lipinski definition) is 1. The SMILES string of the molecule is O=C(O)c1cn(C(=O)c2ccccc2Cl)c2ccccc12. The van der Waals surface area contributed by atoms with Gasteiger partial charge in [-0.1, -0.05) is 41.9 Å². The van der Waals surface area contributed by atoms with Gasteiger partial charge in [-0.25, -0.2) is 4.79 Å². The monoisotopic (exact) mass is 299 g/mol. The molecular weight excluding hydrogens is 290 g/mol. The van der Waals surface area contributed by atoms with E-state index in [1.807, 2.05) is 0 Å². The van der Waals surface area contributed by atoms with Crippen LogP contribution in [0.25, 0.3) is 10.9 Å². The molecule has 0 aliphatic carbocycles. The van der Waals surface area contributed by atoms with Crippen LogP contribution in [0, 0.1) is 0 Å². The maximum atomic E-state index is 12.6. The summed E-state index contributed by atoms with van der Waals surface area (Å²) in [5.74, 6) is -1.43. The second-order valence-electron chi connectivity index (χ2n) is 4.52. The Morgan fingerprint density at radius 3 is 2.33 bits per heavy atom. The number of benzene rings is 2. The standard InChI is InChI=1S/C16H10ClNO3/c17-13-7-3-1-6-11(13)15(19)18-9-12(16(20)21)10-5-2-4-8-14(10)18/h1-9H,(H,20,21). The first-order chi connectivity index (χ1) is 10.1. The van der Waals surface area contributed by atoms with Crippen LogP contribution in [0.5, 0.6) is 0 Å². The zero-order valence-electron chi connectivity index (χ0n) is 10.8. The summed E-state index contributed by atoms with van der Waals surface area (Å²) in [6.45, 7) is 0. The Morgan fingerprint density at radius 2 is 1.62 bits per heavy atom. The quantitative estimate of drug-likeness (QED) is 0.785. The first kappa shape index (κ1) is 13.4. The van der Waals surface area contributed by atoms with Crippen molar-refractivity contribution in [2.45, 2.75) is 0 Å². The predicted octanol–water partition coefficient (Wildman–Crippen LogP) is 3.68. The van der Waals surface area contributed by atoms with Gasteiger partial charge in [0.15, 0.2) is 0 Å². The minimum Gasteiger partial charge on any atom is -0.478 e. The van der Waals surface area contributed by atoms with Crippen LogP contribution in [0.2, 0.25) is 5.02 Å². The summed E-state index contributed by atoms with van der Waals surface area (Å²) < 4.78 is 1.32. The van der Waals surface area contributed by atoms with Gasteiger partial charge in [-0.3, -0.25) is 9.36 Å². The van der Waals surface area contributed by atoms with Crippen molar-refractivity contribution in [1.82, 2.24) is 4.57 Å².